The number of hydrogen-bond acceptors (Lipinski definition) is 8. The largest absolute Gasteiger partial charge is 0.497 e. The molecule has 180 valence electrons. The summed E-state index contributed by atoms with van der Waals surface area (Å²) >= 11 is 12.2. The van der Waals surface area contributed by atoms with Gasteiger partial charge in [0.25, 0.3) is 11.4 Å². The maximum Gasteiger partial charge on any atom is 0.324 e. The number of pyridine rings is 1. The van der Waals surface area contributed by atoms with Gasteiger partial charge < -0.3 is 9.51 Å². The van der Waals surface area contributed by atoms with Gasteiger partial charge in [-0.2, -0.15) is 0 Å². The number of non-ortho nitro benzene ring substituents is 1. The van der Waals surface area contributed by atoms with Crippen molar-refractivity contribution in [1.82, 2.24) is 9.38 Å². The summed E-state index contributed by atoms with van der Waals surface area (Å²) in [5.41, 5.74) is 2.01. The van der Waals surface area contributed by atoms with E-state index in [0.717, 1.165) is 22.6 Å². The number of halogens is 2. The van der Waals surface area contributed by atoms with E-state index in [1.54, 1.807) is 6.07 Å². The number of aromatic nitrogens is 2. The molecule has 1 N–H and O–H groups in total. The Kier molecular flexibility index (Phi) is 7.17. The van der Waals surface area contributed by atoms with Crippen LogP contribution in [0.4, 0.5) is 17.1 Å². The lowest BCUT2D eigenvalue weighted by Gasteiger charge is -2.01. The molecule has 0 aliphatic carbocycles. The molecule has 0 saturated carbocycles. The first-order valence-electron chi connectivity index (χ1n) is 9.61. The average Bonchev–Trinajstić information content (AvgIpc) is 3.11. The number of nitro groups is 3. The molecule has 4 rings (SSSR count). The summed E-state index contributed by atoms with van der Waals surface area (Å²) in [6.07, 6.45) is 1.84. The van der Waals surface area contributed by atoms with Crippen molar-refractivity contribution in [2.45, 2.75) is 13.8 Å². The fourth-order valence-electron chi connectivity index (χ4n) is 3.14. The van der Waals surface area contributed by atoms with Gasteiger partial charge in [0.1, 0.15) is 0 Å². The molecule has 0 aliphatic rings. The van der Waals surface area contributed by atoms with E-state index in [0.29, 0.717) is 22.2 Å². The first-order chi connectivity index (χ1) is 16.4. The predicted molar refractivity (Wildman–Crippen MR) is 128 cm³/mol. The van der Waals surface area contributed by atoms with Crippen molar-refractivity contribution in [2.75, 3.05) is 0 Å². The summed E-state index contributed by atoms with van der Waals surface area (Å²) < 4.78 is 1.93. The molecule has 0 spiro atoms. The number of phenolic OH excluding ortho intramolecular Hbond substituents is 1. The highest BCUT2D eigenvalue weighted by molar-refractivity contribution is 6.36. The van der Waals surface area contributed by atoms with Crippen LogP contribution >= 0.6 is 23.2 Å². The van der Waals surface area contributed by atoms with Gasteiger partial charge in [-0.25, -0.2) is 4.98 Å². The lowest BCUT2D eigenvalue weighted by Crippen LogP contribution is -1.97. The van der Waals surface area contributed by atoms with Gasteiger partial charge >= 0.3 is 11.4 Å². The number of aromatic hydroxyl groups is 1. The van der Waals surface area contributed by atoms with E-state index in [1.807, 2.05) is 17.5 Å². The summed E-state index contributed by atoms with van der Waals surface area (Å²) in [7, 11) is 0. The Hall–Kier alpha value is -4.29. The van der Waals surface area contributed by atoms with Crippen LogP contribution in [0, 0.1) is 44.2 Å². The van der Waals surface area contributed by atoms with Crippen LogP contribution in [0.2, 0.25) is 10.0 Å². The fourth-order valence-corrected chi connectivity index (χ4v) is 3.66. The van der Waals surface area contributed by atoms with Crippen LogP contribution in [0.5, 0.6) is 5.75 Å². The van der Waals surface area contributed by atoms with Crippen molar-refractivity contribution >= 4 is 45.9 Å². The van der Waals surface area contributed by atoms with E-state index >= 15 is 0 Å². The third kappa shape index (κ3) is 5.28. The molecule has 2 heterocycles. The van der Waals surface area contributed by atoms with Gasteiger partial charge in [0.05, 0.1) is 42.6 Å². The number of benzene rings is 2. The van der Waals surface area contributed by atoms with Crippen molar-refractivity contribution < 1.29 is 19.9 Å². The van der Waals surface area contributed by atoms with Crippen molar-refractivity contribution in [2.24, 2.45) is 0 Å². The van der Waals surface area contributed by atoms with Gasteiger partial charge in [-0.15, -0.1) is 0 Å². The minimum Gasteiger partial charge on any atom is -0.497 e. The van der Waals surface area contributed by atoms with E-state index < -0.39 is 37.6 Å². The number of rotatable bonds is 4. The zero-order valence-corrected chi connectivity index (χ0v) is 19.5. The molecule has 0 saturated heterocycles. The normalized spacial score (nSPS) is 10.5. The maximum absolute atomic E-state index is 10.4. The molecule has 0 radical (unpaired) electrons. The zero-order chi connectivity index (χ0) is 26.0. The first-order valence-corrected chi connectivity index (χ1v) is 10.4. The molecular weight excluding hydrogens is 505 g/mol. The van der Waals surface area contributed by atoms with E-state index in [-0.39, 0.29) is 0 Å². The summed E-state index contributed by atoms with van der Waals surface area (Å²) in [6.45, 7) is 4.08. The van der Waals surface area contributed by atoms with E-state index in [2.05, 4.69) is 36.2 Å². The van der Waals surface area contributed by atoms with E-state index in [9.17, 15) is 30.3 Å². The molecule has 0 amide bonds. The van der Waals surface area contributed by atoms with Crippen molar-refractivity contribution in [1.29, 1.82) is 0 Å². The lowest BCUT2D eigenvalue weighted by molar-refractivity contribution is -0.404. The molecule has 0 aliphatic heterocycles. The molecule has 4 aromatic rings. The van der Waals surface area contributed by atoms with Crippen LogP contribution in [0.15, 0.2) is 48.7 Å². The molecule has 35 heavy (non-hydrogen) atoms. The second-order valence-electron chi connectivity index (χ2n) is 7.22. The summed E-state index contributed by atoms with van der Waals surface area (Å²) in [4.78, 5) is 32.4. The van der Waals surface area contributed by atoms with Gasteiger partial charge in [-0.05, 0) is 19.9 Å². The van der Waals surface area contributed by atoms with Gasteiger partial charge in [0.2, 0.25) is 0 Å². The molecule has 0 unspecified atom stereocenters. The van der Waals surface area contributed by atoms with Gasteiger partial charge in [0.15, 0.2) is 5.65 Å². The highest BCUT2D eigenvalue weighted by Crippen LogP contribution is 2.39. The van der Waals surface area contributed by atoms with Crippen LogP contribution in [0.25, 0.3) is 16.9 Å². The zero-order valence-electron chi connectivity index (χ0n) is 18.0. The Morgan fingerprint density at radius 3 is 1.91 bits per heavy atom. The van der Waals surface area contributed by atoms with Crippen LogP contribution in [0.3, 0.4) is 0 Å². The quantitative estimate of drug-likeness (QED) is 0.251. The minimum atomic E-state index is -1.21. The van der Waals surface area contributed by atoms with E-state index in [1.165, 1.54) is 5.56 Å². The second-order valence-corrected chi connectivity index (χ2v) is 8.06. The van der Waals surface area contributed by atoms with Crippen LogP contribution in [-0.2, 0) is 0 Å². The minimum absolute atomic E-state index is 0.447. The molecule has 0 fully saturated rings. The van der Waals surface area contributed by atoms with Gasteiger partial charge in [0, 0.05) is 17.5 Å². The van der Waals surface area contributed by atoms with Crippen molar-refractivity contribution in [3.8, 4) is 17.0 Å². The topological polar surface area (TPSA) is 167 Å². The van der Waals surface area contributed by atoms with Crippen molar-refractivity contribution in [3.63, 3.8) is 0 Å². The SMILES string of the molecule is Cc1ccc(-c2nc3c(Cl)cc(Cl)cn3c2C)cc1.O=[N+]([O-])c1cc([N+](=O)[O-])c(O)c([N+](=O)[O-])c1. The standard InChI is InChI=1S/C15H12Cl2N2.C6H3N3O7/c1-9-3-5-11(6-4-9)14-10(2)19-8-12(16)7-13(17)15(19)18-14;10-6-4(8(13)14)1-3(7(11)12)2-5(6)9(15)16/h3-8H,1-2H3;1-2,10H. The fraction of sp³-hybridized carbons (Fsp3) is 0.0952. The van der Waals surface area contributed by atoms with Crippen LogP contribution < -0.4 is 0 Å². The number of hydrogen-bond donors (Lipinski definition) is 1. The molecule has 2 aromatic heterocycles. The predicted octanol–water partition coefficient (Wildman–Crippen LogP) is 6.04. The Bertz CT molecular complexity index is 1450. The van der Waals surface area contributed by atoms with E-state index in [4.69, 9.17) is 28.3 Å². The number of phenols is 1. The molecule has 14 heteroatoms. The molecule has 0 bridgehead atoms. The number of imidazole rings is 1. The van der Waals surface area contributed by atoms with Gasteiger partial charge in [-0.1, -0.05) is 53.0 Å². The summed E-state index contributed by atoms with van der Waals surface area (Å²) in [5, 5.41) is 41.4. The first kappa shape index (κ1) is 25.3. The highest BCUT2D eigenvalue weighted by Gasteiger charge is 2.30. The molecule has 2 aromatic carbocycles. The Morgan fingerprint density at radius 2 is 1.43 bits per heavy atom. The third-order valence-corrected chi connectivity index (χ3v) is 5.35. The summed E-state index contributed by atoms with van der Waals surface area (Å²) in [5.74, 6) is -1.21. The summed E-state index contributed by atoms with van der Waals surface area (Å²) in [6, 6.07) is 10.9. The second kappa shape index (κ2) is 9.91. The number of aryl methyl sites for hydroxylation is 2. The molecule has 12 nitrogen and oxygen atoms in total. The Balaban J connectivity index is 0.000000199. The monoisotopic (exact) mass is 519 g/mol. The lowest BCUT2D eigenvalue weighted by atomic mass is 10.1. The van der Waals surface area contributed by atoms with Crippen molar-refractivity contribution in [3.05, 3.63) is 100 Å². The maximum atomic E-state index is 10.4. The number of nitrogens with zero attached hydrogens (tertiary/aromatic N) is 5. The Labute approximate surface area is 206 Å². The molecule has 0 atom stereocenters. The molecular formula is C21H15Cl2N5O7. The van der Waals surface area contributed by atoms with Gasteiger partial charge in [-0.3, -0.25) is 30.3 Å². The smallest absolute Gasteiger partial charge is 0.324 e. The third-order valence-electron chi connectivity index (χ3n) is 4.86. The Morgan fingerprint density at radius 1 is 0.886 bits per heavy atom. The number of fused-ring (bicyclic) bond motifs is 1. The van der Waals surface area contributed by atoms with Crippen LogP contribution in [0.1, 0.15) is 11.3 Å². The van der Waals surface area contributed by atoms with Crippen LogP contribution in [-0.4, -0.2) is 29.3 Å². The average molecular weight is 520 g/mol. The highest BCUT2D eigenvalue weighted by atomic mass is 35.5. The number of nitro benzene ring substituents is 3.